The van der Waals surface area contributed by atoms with Crippen LogP contribution in [0.1, 0.15) is 19.4 Å². The van der Waals surface area contributed by atoms with E-state index in [9.17, 15) is 9.18 Å². The van der Waals surface area contributed by atoms with E-state index in [1.54, 1.807) is 18.2 Å². The van der Waals surface area contributed by atoms with Crippen LogP contribution in [0.3, 0.4) is 0 Å². The Morgan fingerprint density at radius 3 is 2.71 bits per heavy atom. The van der Waals surface area contributed by atoms with Gasteiger partial charge in [0.25, 0.3) is 0 Å². The molecule has 1 aliphatic heterocycles. The summed E-state index contributed by atoms with van der Waals surface area (Å²) in [7, 11) is 0. The maximum absolute atomic E-state index is 14.0. The van der Waals surface area contributed by atoms with Crippen molar-refractivity contribution in [3.05, 3.63) is 59.9 Å². The molecule has 2 heterocycles. The van der Waals surface area contributed by atoms with Crippen molar-refractivity contribution in [2.75, 3.05) is 10.7 Å². The zero-order chi connectivity index (χ0) is 19.8. The van der Waals surface area contributed by atoms with Gasteiger partial charge in [-0.1, -0.05) is 42.1 Å². The maximum Gasteiger partial charge on any atom is 0.240 e. The quantitative estimate of drug-likeness (QED) is 0.540. The summed E-state index contributed by atoms with van der Waals surface area (Å²) in [5.74, 6) is 5.87. The van der Waals surface area contributed by atoms with Crippen LogP contribution in [-0.2, 0) is 11.2 Å². The molecule has 6 nitrogen and oxygen atoms in total. The number of anilines is 1. The maximum atomic E-state index is 14.0. The zero-order valence-electron chi connectivity index (χ0n) is 15.5. The van der Waals surface area contributed by atoms with Crippen molar-refractivity contribution in [2.24, 2.45) is 0 Å². The van der Waals surface area contributed by atoms with Gasteiger partial charge in [-0.15, -0.1) is 10.2 Å². The van der Waals surface area contributed by atoms with Gasteiger partial charge in [0.15, 0.2) is 5.82 Å². The Bertz CT molecular complexity index is 1040. The lowest BCUT2D eigenvalue weighted by atomic mass is 10.1. The highest BCUT2D eigenvalue weighted by Gasteiger charge is 2.34. The third-order valence-electron chi connectivity index (χ3n) is 4.85. The second kappa shape index (κ2) is 7.27. The molecule has 1 aliphatic rings. The van der Waals surface area contributed by atoms with Crippen LogP contribution in [0.5, 0.6) is 0 Å². The van der Waals surface area contributed by atoms with Gasteiger partial charge in [-0.25, -0.2) is 9.07 Å². The Morgan fingerprint density at radius 1 is 1.21 bits per heavy atom. The van der Waals surface area contributed by atoms with Crippen LogP contribution in [0, 0.1) is 5.82 Å². The van der Waals surface area contributed by atoms with Crippen LogP contribution >= 0.6 is 11.8 Å². The molecule has 8 heteroatoms. The minimum atomic E-state index is -0.426. The third kappa shape index (κ3) is 3.13. The van der Waals surface area contributed by atoms with E-state index in [1.807, 2.05) is 43.0 Å². The third-order valence-corrected chi connectivity index (χ3v) is 5.90. The molecule has 1 aromatic heterocycles. The number of hydrogen-bond acceptors (Lipinski definition) is 5. The first kappa shape index (κ1) is 18.5. The molecule has 0 radical (unpaired) electrons. The summed E-state index contributed by atoms with van der Waals surface area (Å²) >= 11 is 1.21. The lowest BCUT2D eigenvalue weighted by Gasteiger charge is -2.25. The van der Waals surface area contributed by atoms with Crippen molar-refractivity contribution in [1.29, 1.82) is 0 Å². The lowest BCUT2D eigenvalue weighted by Crippen LogP contribution is -2.40. The first-order chi connectivity index (χ1) is 13.5. The second-order valence-electron chi connectivity index (χ2n) is 6.81. The second-order valence-corrected chi connectivity index (χ2v) is 8.11. The molecule has 3 aromatic rings. The van der Waals surface area contributed by atoms with Gasteiger partial charge in [0.2, 0.25) is 11.1 Å². The number of aromatic nitrogens is 3. The molecular formula is C20H20FN5OS. The number of nitrogens with two attached hydrogens (primary N) is 1. The molecule has 0 unspecified atom stereocenters. The van der Waals surface area contributed by atoms with Crippen molar-refractivity contribution in [3.8, 4) is 11.4 Å². The van der Waals surface area contributed by atoms with Crippen LogP contribution in [-0.4, -0.2) is 32.1 Å². The summed E-state index contributed by atoms with van der Waals surface area (Å²) < 4.78 is 15.3. The summed E-state index contributed by atoms with van der Waals surface area (Å²) in [6.07, 6.45) is 0.837. The average molecular weight is 397 g/mol. The first-order valence-electron chi connectivity index (χ1n) is 9.00. The fourth-order valence-electron chi connectivity index (χ4n) is 3.49. The number of benzene rings is 2. The Hall–Kier alpha value is -2.87. The highest BCUT2D eigenvalue weighted by Crippen LogP contribution is 2.35. The van der Waals surface area contributed by atoms with Gasteiger partial charge in [0.05, 0.1) is 10.8 Å². The van der Waals surface area contributed by atoms with Crippen molar-refractivity contribution < 1.29 is 9.18 Å². The number of fused-ring (bicyclic) bond motifs is 1. The molecule has 0 aliphatic carbocycles. The standard InChI is InChI=1S/C20H20FN5OS/c1-12-11-14-7-3-6-10-17(14)25(12)19(27)13(2)28-20-24-23-18(26(20)22)15-8-4-5-9-16(15)21/h3-10,12-13H,11,22H2,1-2H3/t12-,13+/m0/s1. The molecule has 2 aromatic carbocycles. The van der Waals surface area contributed by atoms with E-state index in [0.29, 0.717) is 5.16 Å². The molecule has 0 bridgehead atoms. The lowest BCUT2D eigenvalue weighted by molar-refractivity contribution is -0.118. The number of nitrogen functional groups attached to an aromatic ring is 1. The fraction of sp³-hybridized carbons (Fsp3) is 0.250. The molecule has 28 heavy (non-hydrogen) atoms. The molecule has 0 saturated carbocycles. The first-order valence-corrected chi connectivity index (χ1v) is 9.88. The molecule has 0 saturated heterocycles. The Labute approximate surface area is 166 Å². The molecule has 4 rings (SSSR count). The summed E-state index contributed by atoms with van der Waals surface area (Å²) in [6.45, 7) is 3.86. The largest absolute Gasteiger partial charge is 0.335 e. The van der Waals surface area contributed by atoms with Crippen molar-refractivity contribution in [2.45, 2.75) is 36.7 Å². The predicted octanol–water partition coefficient (Wildman–Crippen LogP) is 3.26. The molecule has 144 valence electrons. The van der Waals surface area contributed by atoms with Gasteiger partial charge in [0.1, 0.15) is 5.82 Å². The molecule has 0 spiro atoms. The number of para-hydroxylation sites is 1. The number of thioether (sulfide) groups is 1. The van der Waals surface area contributed by atoms with Crippen LogP contribution < -0.4 is 10.7 Å². The molecule has 0 fully saturated rings. The highest BCUT2D eigenvalue weighted by molar-refractivity contribution is 8.00. The Kier molecular flexibility index (Phi) is 4.80. The summed E-state index contributed by atoms with van der Waals surface area (Å²) in [5, 5.41) is 8.01. The summed E-state index contributed by atoms with van der Waals surface area (Å²) in [6, 6.07) is 14.3. The minimum absolute atomic E-state index is 0.0158. The number of rotatable bonds is 4. The normalized spacial score (nSPS) is 16.8. The zero-order valence-corrected chi connectivity index (χ0v) is 16.4. The molecule has 2 N–H and O–H groups in total. The monoisotopic (exact) mass is 397 g/mol. The number of hydrogen-bond donors (Lipinski definition) is 1. The van der Waals surface area contributed by atoms with Gasteiger partial charge < -0.3 is 10.7 Å². The average Bonchev–Trinajstić information content (AvgIpc) is 3.21. The number of nitrogens with zero attached hydrogens (tertiary/aromatic N) is 4. The van der Waals surface area contributed by atoms with Crippen LogP contribution in [0.25, 0.3) is 11.4 Å². The van der Waals surface area contributed by atoms with Gasteiger partial charge in [-0.05, 0) is 44.0 Å². The summed E-state index contributed by atoms with van der Waals surface area (Å²) in [5.41, 5.74) is 2.39. The van der Waals surface area contributed by atoms with Gasteiger partial charge in [-0.2, -0.15) is 0 Å². The molecular weight excluding hydrogens is 377 g/mol. The predicted molar refractivity (Wildman–Crippen MR) is 108 cm³/mol. The SMILES string of the molecule is C[C@@H](Sc1nnc(-c2ccccc2F)n1N)C(=O)N1c2ccccc2C[C@@H]1C. The van der Waals surface area contributed by atoms with Crippen molar-refractivity contribution >= 4 is 23.4 Å². The minimum Gasteiger partial charge on any atom is -0.335 e. The van der Waals surface area contributed by atoms with E-state index in [2.05, 4.69) is 10.2 Å². The van der Waals surface area contributed by atoms with E-state index in [-0.39, 0.29) is 23.3 Å². The van der Waals surface area contributed by atoms with Crippen molar-refractivity contribution in [1.82, 2.24) is 14.9 Å². The molecule has 2 atom stereocenters. The van der Waals surface area contributed by atoms with Crippen molar-refractivity contribution in [3.63, 3.8) is 0 Å². The van der Waals surface area contributed by atoms with E-state index in [1.165, 1.54) is 28.1 Å². The topological polar surface area (TPSA) is 77.0 Å². The Balaban J connectivity index is 1.56. The van der Waals surface area contributed by atoms with E-state index in [4.69, 9.17) is 5.84 Å². The van der Waals surface area contributed by atoms with E-state index >= 15 is 0 Å². The number of amides is 1. The molecule has 1 amide bonds. The summed E-state index contributed by atoms with van der Waals surface area (Å²) in [4.78, 5) is 14.9. The van der Waals surface area contributed by atoms with Gasteiger partial charge in [0, 0.05) is 11.7 Å². The van der Waals surface area contributed by atoms with E-state index < -0.39 is 11.1 Å². The van der Waals surface area contributed by atoms with Gasteiger partial charge in [-0.3, -0.25) is 4.79 Å². The number of carbonyl (C=O) groups is 1. The van der Waals surface area contributed by atoms with Crippen LogP contribution in [0.4, 0.5) is 10.1 Å². The van der Waals surface area contributed by atoms with Crippen LogP contribution in [0.15, 0.2) is 53.7 Å². The Morgan fingerprint density at radius 2 is 1.93 bits per heavy atom. The van der Waals surface area contributed by atoms with Gasteiger partial charge >= 0.3 is 0 Å². The fourth-order valence-corrected chi connectivity index (χ4v) is 4.31. The highest BCUT2D eigenvalue weighted by atomic mass is 32.2. The number of carbonyl (C=O) groups excluding carboxylic acids is 1. The number of halogens is 1. The smallest absolute Gasteiger partial charge is 0.240 e. The van der Waals surface area contributed by atoms with Crippen LogP contribution in [0.2, 0.25) is 0 Å². The van der Waals surface area contributed by atoms with E-state index in [0.717, 1.165) is 12.1 Å².